The van der Waals surface area contributed by atoms with Crippen LogP contribution in [0.3, 0.4) is 0 Å². The van der Waals surface area contributed by atoms with Crippen molar-refractivity contribution in [3.05, 3.63) is 0 Å². The van der Waals surface area contributed by atoms with E-state index in [4.69, 9.17) is 4.74 Å². The van der Waals surface area contributed by atoms with Gasteiger partial charge in [0.1, 0.15) is 0 Å². The Kier molecular flexibility index (Phi) is 15.3. The number of hydrogen-bond acceptors (Lipinski definition) is 4. The lowest BCUT2D eigenvalue weighted by Crippen LogP contribution is -2.41. The Hall–Kier alpha value is -0.120. The molecule has 1 rings (SSSR count). The maximum Gasteiger partial charge on any atom is 0.191 e. The third-order valence-electron chi connectivity index (χ3n) is 4.04. The van der Waals surface area contributed by atoms with E-state index in [-0.39, 0.29) is 24.0 Å². The lowest BCUT2D eigenvalue weighted by molar-refractivity contribution is 0.180. The Morgan fingerprint density at radius 2 is 1.83 bits per heavy atom. The van der Waals surface area contributed by atoms with Crippen LogP contribution < -0.4 is 10.6 Å². The van der Waals surface area contributed by atoms with Crippen molar-refractivity contribution in [1.29, 1.82) is 0 Å². The van der Waals surface area contributed by atoms with Crippen LogP contribution >= 0.6 is 24.0 Å². The highest BCUT2D eigenvalue weighted by Gasteiger charge is 2.10. The highest BCUT2D eigenvalue weighted by Crippen LogP contribution is 2.06. The lowest BCUT2D eigenvalue weighted by atomic mass is 10.4. The summed E-state index contributed by atoms with van der Waals surface area (Å²) in [4.78, 5) is 9.13. The van der Waals surface area contributed by atoms with E-state index in [1.807, 2.05) is 7.05 Å². The van der Waals surface area contributed by atoms with Gasteiger partial charge in [0.25, 0.3) is 0 Å². The van der Waals surface area contributed by atoms with E-state index in [2.05, 4.69) is 32.5 Å². The lowest BCUT2D eigenvalue weighted by Gasteiger charge is -2.18. The Labute approximate surface area is 159 Å². The number of guanidine groups is 1. The standard InChI is InChI=1S/C16H35N5O.HI/c1-17-16(18-8-6-13-21-11-4-5-12-21)19-9-14-20(2)10-7-15-22-3;/h4-15H2,1-3H3,(H2,17,18,19);1H. The van der Waals surface area contributed by atoms with Crippen LogP contribution in [0.25, 0.3) is 0 Å². The molecule has 0 saturated carbocycles. The Morgan fingerprint density at radius 1 is 1.13 bits per heavy atom. The van der Waals surface area contributed by atoms with Crippen molar-refractivity contribution in [2.45, 2.75) is 25.7 Å². The van der Waals surface area contributed by atoms with Gasteiger partial charge in [-0.05, 0) is 52.4 Å². The first-order valence-corrected chi connectivity index (χ1v) is 8.60. The zero-order chi connectivity index (χ0) is 16.0. The average Bonchev–Trinajstić information content (AvgIpc) is 3.03. The van der Waals surface area contributed by atoms with E-state index in [0.29, 0.717) is 0 Å². The zero-order valence-electron chi connectivity index (χ0n) is 15.1. The third kappa shape index (κ3) is 12.0. The molecule has 0 aromatic carbocycles. The molecule has 6 nitrogen and oxygen atoms in total. The predicted octanol–water partition coefficient (Wildman–Crippen LogP) is 1.22. The van der Waals surface area contributed by atoms with Gasteiger partial charge >= 0.3 is 0 Å². The van der Waals surface area contributed by atoms with Crippen LogP contribution in [-0.2, 0) is 4.74 Å². The summed E-state index contributed by atoms with van der Waals surface area (Å²) in [6.45, 7) is 8.57. The summed E-state index contributed by atoms with van der Waals surface area (Å²) in [5.74, 6) is 0.909. The number of ether oxygens (including phenoxy) is 1. The molecule has 0 aromatic heterocycles. The summed E-state index contributed by atoms with van der Waals surface area (Å²) in [6.07, 6.45) is 5.00. The van der Waals surface area contributed by atoms with Gasteiger partial charge in [-0.2, -0.15) is 0 Å². The molecular formula is C16H36IN5O. The van der Waals surface area contributed by atoms with Crippen LogP contribution in [0.5, 0.6) is 0 Å². The van der Waals surface area contributed by atoms with Crippen molar-refractivity contribution >= 4 is 29.9 Å². The number of halogens is 1. The molecule has 0 amide bonds. The van der Waals surface area contributed by atoms with Crippen LogP contribution in [0.4, 0.5) is 0 Å². The van der Waals surface area contributed by atoms with E-state index < -0.39 is 0 Å². The summed E-state index contributed by atoms with van der Waals surface area (Å²) in [5.41, 5.74) is 0. The summed E-state index contributed by atoms with van der Waals surface area (Å²) in [6, 6.07) is 0. The number of rotatable bonds is 11. The molecular weight excluding hydrogens is 405 g/mol. The topological polar surface area (TPSA) is 52.1 Å². The van der Waals surface area contributed by atoms with Gasteiger partial charge in [0, 0.05) is 46.9 Å². The number of aliphatic imine (C=N–C) groups is 1. The molecule has 0 spiro atoms. The van der Waals surface area contributed by atoms with Crippen molar-refractivity contribution in [3.8, 4) is 0 Å². The Morgan fingerprint density at radius 3 is 2.48 bits per heavy atom. The molecule has 1 saturated heterocycles. The van der Waals surface area contributed by atoms with Gasteiger partial charge in [-0.1, -0.05) is 0 Å². The van der Waals surface area contributed by atoms with E-state index in [9.17, 15) is 0 Å². The average molecular weight is 441 g/mol. The monoisotopic (exact) mass is 441 g/mol. The molecule has 1 fully saturated rings. The first kappa shape index (κ1) is 22.9. The summed E-state index contributed by atoms with van der Waals surface area (Å²) < 4.78 is 5.07. The van der Waals surface area contributed by atoms with Crippen LogP contribution in [0.15, 0.2) is 4.99 Å². The van der Waals surface area contributed by atoms with Crippen molar-refractivity contribution in [2.75, 3.05) is 73.6 Å². The van der Waals surface area contributed by atoms with Gasteiger partial charge in [-0.15, -0.1) is 24.0 Å². The number of likely N-dealkylation sites (N-methyl/N-ethyl adjacent to an activating group) is 1. The SMILES string of the molecule is CN=C(NCCCN1CCCC1)NCCN(C)CCCOC.I. The minimum absolute atomic E-state index is 0. The first-order chi connectivity index (χ1) is 10.8. The zero-order valence-corrected chi connectivity index (χ0v) is 17.5. The van der Waals surface area contributed by atoms with Gasteiger partial charge < -0.3 is 25.2 Å². The second kappa shape index (κ2) is 15.4. The normalized spacial score (nSPS) is 15.7. The maximum absolute atomic E-state index is 5.07. The molecule has 0 unspecified atom stereocenters. The van der Waals surface area contributed by atoms with Crippen molar-refractivity contribution in [2.24, 2.45) is 4.99 Å². The van der Waals surface area contributed by atoms with Crippen molar-refractivity contribution in [1.82, 2.24) is 20.4 Å². The molecule has 1 aliphatic rings. The van der Waals surface area contributed by atoms with Crippen molar-refractivity contribution in [3.63, 3.8) is 0 Å². The fraction of sp³-hybridized carbons (Fsp3) is 0.938. The van der Waals surface area contributed by atoms with E-state index in [0.717, 1.165) is 45.2 Å². The molecule has 23 heavy (non-hydrogen) atoms. The highest BCUT2D eigenvalue weighted by molar-refractivity contribution is 14.0. The van der Waals surface area contributed by atoms with Gasteiger partial charge in [0.2, 0.25) is 0 Å². The van der Waals surface area contributed by atoms with Gasteiger partial charge in [-0.25, -0.2) is 0 Å². The van der Waals surface area contributed by atoms with Crippen LogP contribution in [0, 0.1) is 0 Å². The molecule has 2 N–H and O–H groups in total. The largest absolute Gasteiger partial charge is 0.385 e. The van der Waals surface area contributed by atoms with Crippen LogP contribution in [0.1, 0.15) is 25.7 Å². The molecule has 0 bridgehead atoms. The first-order valence-electron chi connectivity index (χ1n) is 8.60. The highest BCUT2D eigenvalue weighted by atomic mass is 127. The minimum Gasteiger partial charge on any atom is -0.385 e. The summed E-state index contributed by atoms with van der Waals surface area (Å²) in [7, 11) is 5.72. The second-order valence-electron chi connectivity index (χ2n) is 5.98. The third-order valence-corrected chi connectivity index (χ3v) is 4.04. The minimum atomic E-state index is 0. The van der Waals surface area contributed by atoms with Crippen molar-refractivity contribution < 1.29 is 4.74 Å². The predicted molar refractivity (Wildman–Crippen MR) is 109 cm³/mol. The number of nitrogens with zero attached hydrogens (tertiary/aromatic N) is 3. The van der Waals surface area contributed by atoms with Crippen LogP contribution in [-0.4, -0.2) is 89.4 Å². The van der Waals surface area contributed by atoms with E-state index >= 15 is 0 Å². The molecule has 1 aliphatic heterocycles. The molecule has 0 atom stereocenters. The number of likely N-dealkylation sites (tertiary alicyclic amines) is 1. The smallest absolute Gasteiger partial charge is 0.191 e. The summed E-state index contributed by atoms with van der Waals surface area (Å²) >= 11 is 0. The number of methoxy groups -OCH3 is 1. The van der Waals surface area contributed by atoms with Gasteiger partial charge in [0.15, 0.2) is 5.96 Å². The van der Waals surface area contributed by atoms with Gasteiger partial charge in [0.05, 0.1) is 0 Å². The maximum atomic E-state index is 5.07. The number of hydrogen-bond donors (Lipinski definition) is 2. The van der Waals surface area contributed by atoms with E-state index in [1.165, 1.54) is 38.9 Å². The van der Waals surface area contributed by atoms with Gasteiger partial charge in [-0.3, -0.25) is 4.99 Å². The molecule has 0 radical (unpaired) electrons. The molecule has 1 heterocycles. The Bertz CT molecular complexity index is 298. The quantitative estimate of drug-likeness (QED) is 0.219. The van der Waals surface area contributed by atoms with E-state index in [1.54, 1.807) is 7.11 Å². The molecule has 7 heteroatoms. The fourth-order valence-electron chi connectivity index (χ4n) is 2.69. The summed E-state index contributed by atoms with van der Waals surface area (Å²) in [5, 5.41) is 6.76. The van der Waals surface area contributed by atoms with Crippen LogP contribution in [0.2, 0.25) is 0 Å². The second-order valence-corrected chi connectivity index (χ2v) is 5.98. The molecule has 138 valence electrons. The number of nitrogens with one attached hydrogen (secondary N) is 2. The molecule has 0 aromatic rings. The fourth-order valence-corrected chi connectivity index (χ4v) is 2.69. The molecule has 0 aliphatic carbocycles. The Balaban J connectivity index is 0.00000484.